The van der Waals surface area contributed by atoms with Crippen molar-refractivity contribution in [2.24, 2.45) is 0 Å². The van der Waals surface area contributed by atoms with E-state index in [-0.39, 0.29) is 0 Å². The molecule has 2 rings (SSSR count). The van der Waals surface area contributed by atoms with Gasteiger partial charge in [0.1, 0.15) is 5.75 Å². The van der Waals surface area contributed by atoms with E-state index >= 15 is 0 Å². The predicted octanol–water partition coefficient (Wildman–Crippen LogP) is 1.55. The molecule has 0 saturated heterocycles. The van der Waals surface area contributed by atoms with Crippen molar-refractivity contribution in [3.63, 3.8) is 0 Å². The van der Waals surface area contributed by atoms with E-state index in [0.717, 1.165) is 0 Å². The topological polar surface area (TPSA) is 43.4 Å². The lowest BCUT2D eigenvalue weighted by Crippen LogP contribution is -2.10. The number of halogens is 1. The lowest BCUT2D eigenvalue weighted by atomic mass is 10.1. The van der Waals surface area contributed by atoms with Crippen LogP contribution in [-0.4, -0.2) is 11.8 Å². The van der Waals surface area contributed by atoms with Crippen molar-refractivity contribution in [2.75, 3.05) is 0 Å². The van der Waals surface area contributed by atoms with Gasteiger partial charge < -0.3 is 4.74 Å². The second-order valence-electron chi connectivity index (χ2n) is 2.33. The fraction of sp³-hybridized carbons (Fsp3) is 0. The Morgan fingerprint density at radius 1 is 1.25 bits per heavy atom. The summed E-state index contributed by atoms with van der Waals surface area (Å²) in [6.45, 7) is 0. The number of esters is 1. The minimum atomic E-state index is -0.808. The number of ether oxygens (including phenoxy) is 1. The van der Waals surface area contributed by atoms with E-state index in [4.69, 9.17) is 0 Å². The van der Waals surface area contributed by atoms with Gasteiger partial charge in [0, 0.05) is 4.47 Å². The van der Waals surface area contributed by atoms with Crippen molar-refractivity contribution < 1.29 is 14.3 Å². The highest BCUT2D eigenvalue weighted by Gasteiger charge is 2.32. The van der Waals surface area contributed by atoms with Crippen LogP contribution in [0.5, 0.6) is 5.75 Å². The van der Waals surface area contributed by atoms with Crippen molar-refractivity contribution in [3.05, 3.63) is 28.2 Å². The molecule has 0 spiro atoms. The molecule has 0 N–H and O–H groups in total. The zero-order valence-corrected chi connectivity index (χ0v) is 7.42. The first-order chi connectivity index (χ1) is 5.70. The number of benzene rings is 1. The Morgan fingerprint density at radius 2 is 2.00 bits per heavy atom. The Labute approximate surface area is 76.5 Å². The average molecular weight is 227 g/mol. The molecule has 0 atom stereocenters. The van der Waals surface area contributed by atoms with Crippen LogP contribution >= 0.6 is 15.9 Å². The Balaban J connectivity index is 2.70. The third-order valence-corrected chi connectivity index (χ3v) is 2.25. The molecule has 0 aromatic heterocycles. The molecule has 60 valence electrons. The molecule has 0 fully saturated rings. The summed E-state index contributed by atoms with van der Waals surface area (Å²) in [4.78, 5) is 21.9. The monoisotopic (exact) mass is 226 g/mol. The van der Waals surface area contributed by atoms with E-state index in [1.165, 1.54) is 0 Å². The maximum Gasteiger partial charge on any atom is 0.385 e. The second kappa shape index (κ2) is 2.42. The number of carbonyl (C=O) groups excluding carboxylic acids is 2. The highest BCUT2D eigenvalue weighted by Crippen LogP contribution is 2.31. The standard InChI is InChI=1S/C8H3BrO3/c9-4-2-1-3-5-6(4)7(10)8(11)12-5/h1-3H. The summed E-state index contributed by atoms with van der Waals surface area (Å²) in [5.74, 6) is -1.06. The Bertz CT molecular complexity index is 384. The lowest BCUT2D eigenvalue weighted by molar-refractivity contribution is -0.128. The molecule has 0 saturated carbocycles. The lowest BCUT2D eigenvalue weighted by Gasteiger charge is -1.94. The van der Waals surface area contributed by atoms with Gasteiger partial charge in [-0.3, -0.25) is 4.79 Å². The summed E-state index contributed by atoms with van der Waals surface area (Å²) in [5.41, 5.74) is 0.322. The molecule has 1 aromatic carbocycles. The van der Waals surface area contributed by atoms with Gasteiger partial charge in [-0.1, -0.05) is 6.07 Å². The number of Topliss-reactive ketones (excluding diaryl/α,β-unsaturated/α-hetero) is 1. The minimum Gasteiger partial charge on any atom is -0.420 e. The molecule has 1 aromatic rings. The molecular formula is C8H3BrO3. The normalized spacial score (nSPS) is 14.4. The van der Waals surface area contributed by atoms with Crippen LogP contribution in [0.2, 0.25) is 0 Å². The van der Waals surface area contributed by atoms with E-state index in [0.29, 0.717) is 15.8 Å². The molecule has 0 bridgehead atoms. The van der Waals surface area contributed by atoms with Gasteiger partial charge in [0.25, 0.3) is 5.78 Å². The number of rotatable bonds is 0. The van der Waals surface area contributed by atoms with Crippen molar-refractivity contribution in [2.45, 2.75) is 0 Å². The van der Waals surface area contributed by atoms with E-state index < -0.39 is 11.8 Å². The smallest absolute Gasteiger partial charge is 0.385 e. The first-order valence-corrected chi connectivity index (χ1v) is 4.04. The SMILES string of the molecule is O=C1Oc2cccc(Br)c2C1=O. The third kappa shape index (κ3) is 0.881. The Morgan fingerprint density at radius 3 is 2.67 bits per heavy atom. The van der Waals surface area contributed by atoms with Crippen LogP contribution < -0.4 is 4.74 Å². The summed E-state index contributed by atoms with van der Waals surface area (Å²) < 4.78 is 5.27. The second-order valence-corrected chi connectivity index (χ2v) is 3.19. The van der Waals surface area contributed by atoms with Gasteiger partial charge in [0.15, 0.2) is 0 Å². The van der Waals surface area contributed by atoms with Crippen LogP contribution in [-0.2, 0) is 4.79 Å². The first-order valence-electron chi connectivity index (χ1n) is 3.25. The number of hydrogen-bond donors (Lipinski definition) is 0. The fourth-order valence-corrected chi connectivity index (χ4v) is 1.59. The van der Waals surface area contributed by atoms with E-state index in [1.54, 1.807) is 18.2 Å². The zero-order chi connectivity index (χ0) is 8.72. The van der Waals surface area contributed by atoms with Gasteiger partial charge in [0.2, 0.25) is 0 Å². The summed E-state index contributed by atoms with van der Waals surface area (Å²) in [6, 6.07) is 4.98. The van der Waals surface area contributed by atoms with Crippen molar-refractivity contribution in [3.8, 4) is 5.75 Å². The largest absolute Gasteiger partial charge is 0.420 e. The van der Waals surface area contributed by atoms with E-state index in [9.17, 15) is 9.59 Å². The van der Waals surface area contributed by atoms with Crippen LogP contribution in [0.3, 0.4) is 0 Å². The van der Waals surface area contributed by atoms with Gasteiger partial charge in [-0.05, 0) is 28.1 Å². The van der Waals surface area contributed by atoms with Crippen LogP contribution in [0.25, 0.3) is 0 Å². The number of ketones is 1. The summed E-state index contributed by atoms with van der Waals surface area (Å²) in [6.07, 6.45) is 0. The highest BCUT2D eigenvalue weighted by molar-refractivity contribution is 9.10. The molecule has 1 heterocycles. The van der Waals surface area contributed by atoms with Gasteiger partial charge >= 0.3 is 5.97 Å². The van der Waals surface area contributed by atoms with Gasteiger partial charge in [-0.2, -0.15) is 0 Å². The van der Waals surface area contributed by atoms with Crippen LogP contribution in [0, 0.1) is 0 Å². The molecular weight excluding hydrogens is 224 g/mol. The Hall–Kier alpha value is -1.16. The highest BCUT2D eigenvalue weighted by atomic mass is 79.9. The van der Waals surface area contributed by atoms with Crippen molar-refractivity contribution in [1.29, 1.82) is 0 Å². The average Bonchev–Trinajstić information content (AvgIpc) is 2.29. The summed E-state index contributed by atoms with van der Waals surface area (Å²) >= 11 is 3.16. The minimum absolute atomic E-state index is 0.322. The third-order valence-electron chi connectivity index (χ3n) is 1.59. The van der Waals surface area contributed by atoms with Gasteiger partial charge in [-0.15, -0.1) is 0 Å². The van der Waals surface area contributed by atoms with Crippen LogP contribution in [0.4, 0.5) is 0 Å². The van der Waals surface area contributed by atoms with Crippen molar-refractivity contribution in [1.82, 2.24) is 0 Å². The number of carbonyl (C=O) groups is 2. The molecule has 1 aliphatic heterocycles. The predicted molar refractivity (Wildman–Crippen MR) is 44.1 cm³/mol. The molecule has 0 amide bonds. The zero-order valence-electron chi connectivity index (χ0n) is 5.83. The fourth-order valence-electron chi connectivity index (χ4n) is 1.06. The van der Waals surface area contributed by atoms with Crippen LogP contribution in [0.15, 0.2) is 22.7 Å². The number of hydrogen-bond acceptors (Lipinski definition) is 3. The van der Waals surface area contributed by atoms with E-state index in [1.807, 2.05) is 0 Å². The quantitative estimate of drug-likeness (QED) is 0.383. The molecule has 12 heavy (non-hydrogen) atoms. The molecule has 3 nitrogen and oxygen atoms in total. The number of fused-ring (bicyclic) bond motifs is 1. The van der Waals surface area contributed by atoms with E-state index in [2.05, 4.69) is 20.7 Å². The summed E-state index contributed by atoms with van der Waals surface area (Å²) in [5, 5.41) is 0. The molecule has 0 aliphatic carbocycles. The first kappa shape index (κ1) is 7.49. The maximum absolute atomic E-state index is 11.1. The molecule has 0 radical (unpaired) electrons. The molecule has 0 unspecified atom stereocenters. The molecule has 1 aliphatic rings. The molecule has 4 heteroatoms. The summed E-state index contributed by atoms with van der Waals surface area (Å²) in [7, 11) is 0. The Kier molecular flexibility index (Phi) is 1.51. The maximum atomic E-state index is 11.1. The van der Waals surface area contributed by atoms with Gasteiger partial charge in [0.05, 0.1) is 5.56 Å². The van der Waals surface area contributed by atoms with Crippen molar-refractivity contribution >= 4 is 27.7 Å². The van der Waals surface area contributed by atoms with Crippen LogP contribution in [0.1, 0.15) is 10.4 Å². The van der Waals surface area contributed by atoms with Gasteiger partial charge in [-0.25, -0.2) is 4.79 Å².